The maximum Gasteiger partial charge on any atom is 0.174 e. The lowest BCUT2D eigenvalue weighted by atomic mass is 9.96. The average Bonchev–Trinajstić information content (AvgIpc) is 2.74. The smallest absolute Gasteiger partial charge is 0.174 e. The largest absolute Gasteiger partial charge is 0.394 e. The fourth-order valence-electron chi connectivity index (χ4n) is 1.40. The number of rotatable bonds is 8. The van der Waals surface area contributed by atoms with E-state index in [0.717, 1.165) is 34.4 Å². The number of aryl methyl sites for hydroxylation is 1. The lowest BCUT2D eigenvalue weighted by Gasteiger charge is -2.26. The number of aliphatic hydroxyl groups is 1. The molecule has 1 aromatic heterocycles. The number of unbranched alkanes of at least 4 members (excludes halogenated alkanes) is 1. The van der Waals surface area contributed by atoms with Gasteiger partial charge in [0.1, 0.15) is 5.01 Å². The molecule has 17 heavy (non-hydrogen) atoms. The quantitative estimate of drug-likeness (QED) is 0.562. The summed E-state index contributed by atoms with van der Waals surface area (Å²) < 4.78 is 1.06. The van der Waals surface area contributed by atoms with Gasteiger partial charge in [0.15, 0.2) is 4.34 Å². The third-order valence-corrected chi connectivity index (χ3v) is 4.87. The monoisotopic (exact) mass is 275 g/mol. The molecule has 0 aromatic carbocycles. The van der Waals surface area contributed by atoms with Crippen LogP contribution in [0.4, 0.5) is 0 Å². The van der Waals surface area contributed by atoms with Crippen molar-refractivity contribution >= 4 is 23.1 Å². The van der Waals surface area contributed by atoms with Crippen LogP contribution in [0.3, 0.4) is 0 Å². The van der Waals surface area contributed by atoms with E-state index in [1.54, 1.807) is 23.1 Å². The zero-order chi connectivity index (χ0) is 12.7. The van der Waals surface area contributed by atoms with Crippen molar-refractivity contribution in [3.8, 4) is 0 Å². The van der Waals surface area contributed by atoms with Crippen molar-refractivity contribution in [1.29, 1.82) is 0 Å². The lowest BCUT2D eigenvalue weighted by molar-refractivity contribution is 0.171. The number of hydrogen-bond acceptors (Lipinski definition) is 6. The molecular weight excluding hydrogens is 254 g/mol. The van der Waals surface area contributed by atoms with E-state index < -0.39 is 0 Å². The van der Waals surface area contributed by atoms with Gasteiger partial charge in [0, 0.05) is 11.3 Å². The molecule has 0 radical (unpaired) electrons. The van der Waals surface area contributed by atoms with E-state index >= 15 is 0 Å². The summed E-state index contributed by atoms with van der Waals surface area (Å²) in [7, 11) is 1.90. The Balaban J connectivity index is 2.12. The SMILES string of the molecule is CNC(C)(CO)CCCCSc1nnc(C)s1. The summed E-state index contributed by atoms with van der Waals surface area (Å²) in [5, 5.41) is 21.5. The van der Waals surface area contributed by atoms with Crippen molar-refractivity contribution in [2.24, 2.45) is 0 Å². The predicted octanol–water partition coefficient (Wildman–Crippen LogP) is 2.08. The number of likely N-dealkylation sites (N-methyl/N-ethyl adjacent to an activating group) is 1. The Labute approximate surface area is 111 Å². The molecule has 1 heterocycles. The minimum atomic E-state index is -0.135. The lowest BCUT2D eigenvalue weighted by Crippen LogP contribution is -2.43. The molecular formula is C11H21N3OS2. The molecule has 0 saturated heterocycles. The Bertz CT molecular complexity index is 326. The highest BCUT2D eigenvalue weighted by molar-refractivity contribution is 8.01. The molecule has 0 amide bonds. The first-order valence-electron chi connectivity index (χ1n) is 5.82. The first kappa shape index (κ1) is 14.9. The molecule has 1 atom stereocenters. The molecule has 1 aromatic rings. The molecule has 0 fully saturated rings. The minimum absolute atomic E-state index is 0.135. The van der Waals surface area contributed by atoms with Crippen LogP contribution in [0.1, 0.15) is 31.2 Å². The third kappa shape index (κ3) is 5.33. The van der Waals surface area contributed by atoms with Crippen LogP contribution in [0, 0.1) is 6.92 Å². The number of nitrogens with one attached hydrogen (secondary N) is 1. The number of aromatic nitrogens is 2. The van der Waals surface area contributed by atoms with Crippen LogP contribution in [0.2, 0.25) is 0 Å². The van der Waals surface area contributed by atoms with E-state index in [2.05, 4.69) is 15.5 Å². The van der Waals surface area contributed by atoms with Gasteiger partial charge >= 0.3 is 0 Å². The topological polar surface area (TPSA) is 58.0 Å². The highest BCUT2D eigenvalue weighted by Gasteiger charge is 2.19. The maximum absolute atomic E-state index is 9.24. The van der Waals surface area contributed by atoms with E-state index in [0.29, 0.717) is 0 Å². The molecule has 6 heteroatoms. The normalized spacial score (nSPS) is 14.8. The number of thioether (sulfide) groups is 1. The summed E-state index contributed by atoms with van der Waals surface area (Å²) in [6, 6.07) is 0. The van der Waals surface area contributed by atoms with Crippen LogP contribution >= 0.6 is 23.1 Å². The Morgan fingerprint density at radius 1 is 1.41 bits per heavy atom. The summed E-state index contributed by atoms with van der Waals surface area (Å²) in [5.74, 6) is 1.07. The molecule has 1 rings (SSSR count). The van der Waals surface area contributed by atoms with E-state index in [4.69, 9.17) is 0 Å². The highest BCUT2D eigenvalue weighted by Crippen LogP contribution is 2.23. The number of hydrogen-bond donors (Lipinski definition) is 2. The molecule has 0 aliphatic rings. The van der Waals surface area contributed by atoms with Crippen molar-refractivity contribution in [2.75, 3.05) is 19.4 Å². The van der Waals surface area contributed by atoms with Crippen LogP contribution in [-0.2, 0) is 0 Å². The van der Waals surface area contributed by atoms with Gasteiger partial charge in [-0.3, -0.25) is 0 Å². The Kier molecular flexibility index (Phi) is 6.40. The van der Waals surface area contributed by atoms with Crippen molar-refractivity contribution < 1.29 is 5.11 Å². The molecule has 2 N–H and O–H groups in total. The first-order chi connectivity index (χ1) is 8.09. The van der Waals surface area contributed by atoms with Crippen LogP contribution in [0.5, 0.6) is 0 Å². The van der Waals surface area contributed by atoms with Gasteiger partial charge in [0.25, 0.3) is 0 Å². The van der Waals surface area contributed by atoms with E-state index in [-0.39, 0.29) is 12.1 Å². The van der Waals surface area contributed by atoms with Crippen molar-refractivity contribution in [3.63, 3.8) is 0 Å². The second kappa shape index (κ2) is 7.31. The molecule has 0 aliphatic heterocycles. The van der Waals surface area contributed by atoms with Crippen LogP contribution in [0.15, 0.2) is 4.34 Å². The van der Waals surface area contributed by atoms with Crippen LogP contribution in [0.25, 0.3) is 0 Å². The van der Waals surface area contributed by atoms with Gasteiger partial charge < -0.3 is 10.4 Å². The molecule has 0 aliphatic carbocycles. The van der Waals surface area contributed by atoms with E-state index in [1.807, 2.05) is 20.9 Å². The fourth-order valence-corrected chi connectivity index (χ4v) is 3.28. The zero-order valence-electron chi connectivity index (χ0n) is 10.7. The minimum Gasteiger partial charge on any atom is -0.394 e. The van der Waals surface area contributed by atoms with Gasteiger partial charge in [0.2, 0.25) is 0 Å². The van der Waals surface area contributed by atoms with Crippen LogP contribution in [-0.4, -0.2) is 40.3 Å². The van der Waals surface area contributed by atoms with Crippen molar-refractivity contribution in [3.05, 3.63) is 5.01 Å². The first-order valence-corrected chi connectivity index (χ1v) is 7.62. The van der Waals surface area contributed by atoms with Crippen molar-refractivity contribution in [1.82, 2.24) is 15.5 Å². The maximum atomic E-state index is 9.24. The molecule has 0 spiro atoms. The predicted molar refractivity (Wildman–Crippen MR) is 73.8 cm³/mol. The standard InChI is InChI=1S/C11H21N3OS2/c1-9-13-14-10(17-9)16-7-5-4-6-11(2,8-15)12-3/h12,15H,4-8H2,1-3H3. The molecule has 98 valence electrons. The van der Waals surface area contributed by atoms with Crippen LogP contribution < -0.4 is 5.32 Å². The molecule has 0 bridgehead atoms. The van der Waals surface area contributed by atoms with Gasteiger partial charge in [-0.15, -0.1) is 10.2 Å². The van der Waals surface area contributed by atoms with E-state index in [9.17, 15) is 5.11 Å². The Morgan fingerprint density at radius 3 is 2.71 bits per heavy atom. The number of nitrogens with zero attached hydrogens (tertiary/aromatic N) is 2. The average molecular weight is 275 g/mol. The number of aliphatic hydroxyl groups excluding tert-OH is 1. The summed E-state index contributed by atoms with van der Waals surface area (Å²) in [4.78, 5) is 0. The third-order valence-electron chi connectivity index (χ3n) is 2.81. The Morgan fingerprint density at radius 2 is 2.18 bits per heavy atom. The highest BCUT2D eigenvalue weighted by atomic mass is 32.2. The van der Waals surface area contributed by atoms with Gasteiger partial charge in [-0.25, -0.2) is 0 Å². The Hall–Kier alpha value is -0.170. The molecule has 1 unspecified atom stereocenters. The second-order valence-electron chi connectivity index (χ2n) is 4.36. The molecule has 4 nitrogen and oxygen atoms in total. The summed E-state index contributed by atoms with van der Waals surface area (Å²) in [6.45, 7) is 4.21. The summed E-state index contributed by atoms with van der Waals surface area (Å²) in [5.41, 5.74) is -0.135. The van der Waals surface area contributed by atoms with Gasteiger partial charge in [-0.05, 0) is 33.7 Å². The van der Waals surface area contributed by atoms with Crippen molar-refractivity contribution in [2.45, 2.75) is 43.0 Å². The molecule has 0 saturated carbocycles. The summed E-state index contributed by atoms with van der Waals surface area (Å²) in [6.07, 6.45) is 3.25. The second-order valence-corrected chi connectivity index (χ2v) is 6.89. The van der Waals surface area contributed by atoms with Gasteiger partial charge in [0.05, 0.1) is 6.61 Å². The van der Waals surface area contributed by atoms with Gasteiger partial charge in [-0.1, -0.05) is 29.5 Å². The van der Waals surface area contributed by atoms with Gasteiger partial charge in [-0.2, -0.15) is 0 Å². The fraction of sp³-hybridized carbons (Fsp3) is 0.818. The zero-order valence-corrected chi connectivity index (χ0v) is 12.3. The van der Waals surface area contributed by atoms with E-state index in [1.165, 1.54) is 0 Å². The summed E-state index contributed by atoms with van der Waals surface area (Å²) >= 11 is 3.42.